The van der Waals surface area contributed by atoms with Crippen LogP contribution in [0.1, 0.15) is 33.1 Å². The molecule has 0 spiro atoms. The summed E-state index contributed by atoms with van der Waals surface area (Å²) in [6.45, 7) is 8.65. The summed E-state index contributed by atoms with van der Waals surface area (Å²) in [5, 5.41) is 0. The number of fused-ring (bicyclic) bond motifs is 1. The number of rotatable bonds is 0. The van der Waals surface area contributed by atoms with Crippen molar-refractivity contribution in [2.45, 2.75) is 38.6 Å². The van der Waals surface area contributed by atoms with Gasteiger partial charge in [-0.15, -0.1) is 0 Å². The van der Waals surface area contributed by atoms with Gasteiger partial charge in [-0.2, -0.15) is 0 Å². The summed E-state index contributed by atoms with van der Waals surface area (Å²) in [6.07, 6.45) is 5.70. The Morgan fingerprint density at radius 1 is 1.62 bits per heavy atom. The molecule has 0 aromatic carbocycles. The fraction of sp³-hybridized carbons (Fsp3) is 0.667. The Hall–Kier alpha value is -0.560. The lowest BCUT2D eigenvalue weighted by molar-refractivity contribution is 0.348. The monoisotopic (exact) mass is 177 g/mol. The summed E-state index contributed by atoms with van der Waals surface area (Å²) < 4.78 is 0. The lowest BCUT2D eigenvalue weighted by atomic mass is 9.70. The highest BCUT2D eigenvalue weighted by Gasteiger charge is 2.47. The van der Waals surface area contributed by atoms with Crippen molar-refractivity contribution in [2.75, 3.05) is 0 Å². The van der Waals surface area contributed by atoms with E-state index in [2.05, 4.69) is 26.5 Å². The minimum atomic E-state index is -0.0469. The van der Waals surface area contributed by atoms with E-state index in [0.29, 0.717) is 5.92 Å². The van der Waals surface area contributed by atoms with Gasteiger partial charge in [0, 0.05) is 11.5 Å². The molecule has 3 atom stereocenters. The maximum Gasteiger partial charge on any atom is 0.0435 e. The van der Waals surface area contributed by atoms with Crippen LogP contribution >= 0.6 is 0 Å². The third-order valence-corrected chi connectivity index (χ3v) is 3.98. The molecule has 0 aromatic rings. The van der Waals surface area contributed by atoms with E-state index in [9.17, 15) is 0 Å². The smallest absolute Gasteiger partial charge is 0.0435 e. The third kappa shape index (κ3) is 1.10. The molecule has 0 aromatic heterocycles. The first-order chi connectivity index (χ1) is 6.05. The summed E-state index contributed by atoms with van der Waals surface area (Å²) in [5.41, 5.74) is 9.14. The van der Waals surface area contributed by atoms with Crippen LogP contribution in [0.15, 0.2) is 23.8 Å². The summed E-state index contributed by atoms with van der Waals surface area (Å²) >= 11 is 0. The molecule has 0 heterocycles. The second-order valence-corrected chi connectivity index (χ2v) is 4.78. The average molecular weight is 177 g/mol. The molecule has 0 bridgehead atoms. The summed E-state index contributed by atoms with van der Waals surface area (Å²) in [4.78, 5) is 0. The molecular formula is C12H19N. The Labute approximate surface area is 80.7 Å². The normalized spacial score (nSPS) is 44.5. The van der Waals surface area contributed by atoms with Crippen molar-refractivity contribution in [3.05, 3.63) is 23.8 Å². The van der Waals surface area contributed by atoms with Crippen LogP contribution < -0.4 is 5.73 Å². The van der Waals surface area contributed by atoms with Gasteiger partial charge in [-0.05, 0) is 32.1 Å². The van der Waals surface area contributed by atoms with Gasteiger partial charge in [-0.1, -0.05) is 30.7 Å². The molecule has 2 aliphatic rings. The Bertz CT molecular complexity index is 277. The predicted molar refractivity (Wildman–Crippen MR) is 56.3 cm³/mol. The Morgan fingerprint density at radius 2 is 2.31 bits per heavy atom. The summed E-state index contributed by atoms with van der Waals surface area (Å²) in [7, 11) is 0. The van der Waals surface area contributed by atoms with Crippen molar-refractivity contribution in [3.8, 4) is 0 Å². The van der Waals surface area contributed by atoms with E-state index < -0.39 is 0 Å². The lowest BCUT2D eigenvalue weighted by Gasteiger charge is -2.39. The van der Waals surface area contributed by atoms with Crippen LogP contribution in [0.4, 0.5) is 0 Å². The van der Waals surface area contributed by atoms with Gasteiger partial charge in [0.05, 0.1) is 0 Å². The number of hydrogen-bond acceptors (Lipinski definition) is 1. The lowest BCUT2D eigenvalue weighted by Crippen LogP contribution is -2.48. The molecule has 0 saturated heterocycles. The molecule has 3 unspecified atom stereocenters. The molecular weight excluding hydrogens is 158 g/mol. The minimum Gasteiger partial charge on any atom is -0.321 e. The molecule has 2 N–H and O–H groups in total. The maximum atomic E-state index is 6.46. The van der Waals surface area contributed by atoms with Crippen LogP contribution in [0.2, 0.25) is 0 Å². The van der Waals surface area contributed by atoms with Crippen LogP contribution in [0.3, 0.4) is 0 Å². The first-order valence-corrected chi connectivity index (χ1v) is 5.19. The average Bonchev–Trinajstić information content (AvgIpc) is 2.38. The van der Waals surface area contributed by atoms with E-state index in [4.69, 9.17) is 5.73 Å². The summed E-state index contributed by atoms with van der Waals surface area (Å²) in [5.74, 6) is 1.26. The predicted octanol–water partition coefficient (Wildman–Crippen LogP) is 2.64. The topological polar surface area (TPSA) is 26.0 Å². The number of allylic oxidation sites excluding steroid dienone is 1. The Balaban J connectivity index is 2.43. The summed E-state index contributed by atoms with van der Waals surface area (Å²) in [6, 6.07) is 0. The van der Waals surface area contributed by atoms with Crippen LogP contribution in [0, 0.1) is 11.8 Å². The molecule has 1 fully saturated rings. The highest BCUT2D eigenvalue weighted by atomic mass is 14.8. The van der Waals surface area contributed by atoms with Crippen LogP contribution in [0.5, 0.6) is 0 Å². The number of nitrogens with two attached hydrogens (primary N) is 1. The van der Waals surface area contributed by atoms with E-state index in [0.717, 1.165) is 18.8 Å². The van der Waals surface area contributed by atoms with Crippen molar-refractivity contribution in [1.82, 2.24) is 0 Å². The molecule has 0 amide bonds. The molecule has 0 radical (unpaired) electrons. The fourth-order valence-corrected chi connectivity index (χ4v) is 3.11. The highest BCUT2D eigenvalue weighted by molar-refractivity contribution is 5.34. The van der Waals surface area contributed by atoms with Crippen molar-refractivity contribution >= 4 is 0 Å². The van der Waals surface area contributed by atoms with Crippen LogP contribution in [0.25, 0.3) is 0 Å². The zero-order valence-corrected chi connectivity index (χ0v) is 8.64. The Morgan fingerprint density at radius 3 is 2.92 bits per heavy atom. The van der Waals surface area contributed by atoms with Crippen LogP contribution in [-0.4, -0.2) is 5.54 Å². The van der Waals surface area contributed by atoms with Gasteiger partial charge in [-0.25, -0.2) is 0 Å². The molecule has 1 heteroatoms. The van der Waals surface area contributed by atoms with Gasteiger partial charge in [0.25, 0.3) is 0 Å². The molecule has 2 aliphatic carbocycles. The van der Waals surface area contributed by atoms with Gasteiger partial charge in [-0.3, -0.25) is 0 Å². The standard InChI is InChI=1S/C12H19N/c1-8-4-5-10(3)12(13)7-6-9(2)11(8)12/h5,9,11H,1,4,6-7,13H2,2-3H3. The third-order valence-electron chi connectivity index (χ3n) is 3.98. The first kappa shape index (κ1) is 9.01. The highest BCUT2D eigenvalue weighted by Crippen LogP contribution is 2.49. The quantitative estimate of drug-likeness (QED) is 0.566. The molecule has 0 aliphatic heterocycles. The van der Waals surface area contributed by atoms with Crippen molar-refractivity contribution in [3.63, 3.8) is 0 Å². The molecule has 72 valence electrons. The van der Waals surface area contributed by atoms with E-state index in [1.807, 2.05) is 0 Å². The number of hydrogen-bond donors (Lipinski definition) is 1. The zero-order valence-electron chi connectivity index (χ0n) is 8.64. The van der Waals surface area contributed by atoms with E-state index in [1.165, 1.54) is 17.6 Å². The molecule has 1 saturated carbocycles. The van der Waals surface area contributed by atoms with E-state index in [-0.39, 0.29) is 5.54 Å². The van der Waals surface area contributed by atoms with Gasteiger partial charge < -0.3 is 5.73 Å². The molecule has 1 nitrogen and oxygen atoms in total. The van der Waals surface area contributed by atoms with Crippen molar-refractivity contribution < 1.29 is 0 Å². The molecule has 13 heavy (non-hydrogen) atoms. The van der Waals surface area contributed by atoms with Crippen molar-refractivity contribution in [2.24, 2.45) is 17.6 Å². The fourth-order valence-electron chi connectivity index (χ4n) is 3.11. The van der Waals surface area contributed by atoms with Gasteiger partial charge >= 0.3 is 0 Å². The Kier molecular flexibility index (Phi) is 1.88. The van der Waals surface area contributed by atoms with Crippen molar-refractivity contribution in [1.29, 1.82) is 0 Å². The zero-order chi connectivity index (χ0) is 9.64. The largest absolute Gasteiger partial charge is 0.321 e. The second-order valence-electron chi connectivity index (χ2n) is 4.78. The van der Waals surface area contributed by atoms with Gasteiger partial charge in [0.1, 0.15) is 0 Å². The first-order valence-electron chi connectivity index (χ1n) is 5.19. The van der Waals surface area contributed by atoms with Crippen LogP contribution in [-0.2, 0) is 0 Å². The van der Waals surface area contributed by atoms with E-state index in [1.54, 1.807) is 0 Å². The SMILES string of the molecule is C=C1CC=C(C)C2(N)CCC(C)C12. The second kappa shape index (κ2) is 2.71. The van der Waals surface area contributed by atoms with Gasteiger partial charge in [0.2, 0.25) is 0 Å². The van der Waals surface area contributed by atoms with E-state index >= 15 is 0 Å². The minimum absolute atomic E-state index is 0.0469. The maximum absolute atomic E-state index is 6.46. The molecule has 2 rings (SSSR count). The van der Waals surface area contributed by atoms with Gasteiger partial charge in [0.15, 0.2) is 0 Å².